The van der Waals surface area contributed by atoms with E-state index in [0.717, 1.165) is 53.4 Å². The lowest BCUT2D eigenvalue weighted by Gasteiger charge is -2.24. The molecule has 1 aromatic carbocycles. The van der Waals surface area contributed by atoms with Crippen LogP contribution in [0.5, 0.6) is 11.5 Å². The second-order valence-corrected chi connectivity index (χ2v) is 7.26. The number of fused-ring (bicyclic) bond motifs is 1. The highest BCUT2D eigenvalue weighted by Crippen LogP contribution is 2.37. The van der Waals surface area contributed by atoms with Crippen molar-refractivity contribution in [3.63, 3.8) is 0 Å². The Morgan fingerprint density at radius 3 is 2.54 bits per heavy atom. The molecular formula is C22H27N3O3. The van der Waals surface area contributed by atoms with E-state index in [4.69, 9.17) is 18.9 Å². The third kappa shape index (κ3) is 3.78. The first kappa shape index (κ1) is 18.6. The summed E-state index contributed by atoms with van der Waals surface area (Å²) in [5.41, 5.74) is 2.69. The predicted molar refractivity (Wildman–Crippen MR) is 111 cm³/mol. The number of methoxy groups -OCH3 is 2. The molecule has 0 aliphatic carbocycles. The number of piperidine rings is 1. The number of aromatic nitrogens is 1. The molecule has 2 aromatic heterocycles. The van der Waals surface area contributed by atoms with Gasteiger partial charge in [0.15, 0.2) is 17.3 Å². The van der Waals surface area contributed by atoms with Crippen LogP contribution in [0.25, 0.3) is 22.4 Å². The molecule has 0 amide bonds. The van der Waals surface area contributed by atoms with E-state index < -0.39 is 0 Å². The number of hydrogen-bond acceptors (Lipinski definition) is 6. The minimum Gasteiger partial charge on any atom is -0.493 e. The van der Waals surface area contributed by atoms with Gasteiger partial charge < -0.3 is 24.5 Å². The topological polar surface area (TPSA) is 68.6 Å². The van der Waals surface area contributed by atoms with E-state index >= 15 is 0 Å². The van der Waals surface area contributed by atoms with Crippen LogP contribution in [0.4, 0.5) is 5.69 Å². The number of pyridine rings is 1. The van der Waals surface area contributed by atoms with Gasteiger partial charge in [0.05, 0.1) is 19.7 Å². The zero-order valence-corrected chi connectivity index (χ0v) is 16.7. The molecule has 1 aliphatic heterocycles. The molecule has 3 aromatic rings. The van der Waals surface area contributed by atoms with Crippen LogP contribution in [-0.4, -0.2) is 38.8 Å². The molecule has 0 spiro atoms. The van der Waals surface area contributed by atoms with Crippen molar-refractivity contribution in [2.45, 2.75) is 19.8 Å². The van der Waals surface area contributed by atoms with Crippen LogP contribution >= 0.6 is 0 Å². The summed E-state index contributed by atoms with van der Waals surface area (Å²) in [6.07, 6.45) is 2.38. The number of hydrogen-bond donors (Lipinski definition) is 2. The summed E-state index contributed by atoms with van der Waals surface area (Å²) < 4.78 is 16.8. The lowest BCUT2D eigenvalue weighted by Crippen LogP contribution is -2.31. The number of nitrogens with one attached hydrogen (secondary N) is 2. The van der Waals surface area contributed by atoms with Crippen molar-refractivity contribution in [2.24, 2.45) is 5.92 Å². The summed E-state index contributed by atoms with van der Waals surface area (Å²) in [6.45, 7) is 5.05. The van der Waals surface area contributed by atoms with Crippen LogP contribution in [0.2, 0.25) is 0 Å². The Labute approximate surface area is 165 Å². The zero-order chi connectivity index (χ0) is 19.5. The van der Waals surface area contributed by atoms with Gasteiger partial charge in [0, 0.05) is 23.7 Å². The Balaban J connectivity index is 1.76. The molecule has 2 N–H and O–H groups in total. The third-order valence-electron chi connectivity index (χ3n) is 5.35. The van der Waals surface area contributed by atoms with Gasteiger partial charge in [-0.1, -0.05) is 0 Å². The summed E-state index contributed by atoms with van der Waals surface area (Å²) in [7, 11) is 3.29. The van der Waals surface area contributed by atoms with Gasteiger partial charge in [-0.25, -0.2) is 4.98 Å². The van der Waals surface area contributed by atoms with E-state index in [1.807, 2.05) is 31.2 Å². The maximum atomic E-state index is 5.81. The molecule has 0 unspecified atom stereocenters. The Morgan fingerprint density at radius 2 is 1.86 bits per heavy atom. The Kier molecular flexibility index (Phi) is 5.39. The van der Waals surface area contributed by atoms with Crippen molar-refractivity contribution in [3.8, 4) is 23.0 Å². The second kappa shape index (κ2) is 8.10. The number of aryl methyl sites for hydroxylation is 1. The van der Waals surface area contributed by atoms with Gasteiger partial charge in [0.1, 0.15) is 11.5 Å². The summed E-state index contributed by atoms with van der Waals surface area (Å²) in [4.78, 5) is 4.82. The number of nitrogens with zero attached hydrogens (tertiary/aromatic N) is 1. The normalized spacial score (nSPS) is 15.0. The molecule has 0 bridgehead atoms. The fourth-order valence-corrected chi connectivity index (χ4v) is 3.74. The highest BCUT2D eigenvalue weighted by Gasteiger charge is 2.17. The molecule has 0 atom stereocenters. The molecule has 6 nitrogen and oxygen atoms in total. The summed E-state index contributed by atoms with van der Waals surface area (Å²) >= 11 is 0. The van der Waals surface area contributed by atoms with Gasteiger partial charge in [-0.05, 0) is 63.0 Å². The van der Waals surface area contributed by atoms with E-state index in [0.29, 0.717) is 17.4 Å². The maximum absolute atomic E-state index is 5.81. The van der Waals surface area contributed by atoms with Gasteiger partial charge in [-0.3, -0.25) is 0 Å². The van der Waals surface area contributed by atoms with Crippen molar-refractivity contribution < 1.29 is 13.9 Å². The summed E-state index contributed by atoms with van der Waals surface area (Å²) in [5, 5.41) is 8.09. The fourth-order valence-electron chi connectivity index (χ4n) is 3.74. The van der Waals surface area contributed by atoms with E-state index in [1.54, 1.807) is 14.2 Å². The molecule has 4 rings (SSSR count). The minimum absolute atomic E-state index is 0.666. The number of anilines is 1. The zero-order valence-electron chi connectivity index (χ0n) is 16.7. The lowest BCUT2D eigenvalue weighted by atomic mass is 9.98. The van der Waals surface area contributed by atoms with Gasteiger partial charge in [0.2, 0.25) is 0 Å². The molecule has 28 heavy (non-hydrogen) atoms. The highest BCUT2D eigenvalue weighted by molar-refractivity contribution is 5.95. The van der Waals surface area contributed by atoms with Crippen LogP contribution in [0, 0.1) is 12.8 Å². The van der Waals surface area contributed by atoms with Crippen LogP contribution in [0.3, 0.4) is 0 Å². The first-order chi connectivity index (χ1) is 13.7. The van der Waals surface area contributed by atoms with Crippen LogP contribution in [0.15, 0.2) is 34.7 Å². The SMILES string of the molecule is COc1cc2nc(-c3ccc(C)o3)cc(NCC3CCNCC3)c2cc1OC. The van der Waals surface area contributed by atoms with Crippen molar-refractivity contribution in [1.29, 1.82) is 0 Å². The maximum Gasteiger partial charge on any atom is 0.162 e. The Bertz CT molecular complexity index is 961. The van der Waals surface area contributed by atoms with Gasteiger partial charge in [-0.2, -0.15) is 0 Å². The summed E-state index contributed by atoms with van der Waals surface area (Å²) in [6, 6.07) is 9.89. The molecule has 1 fully saturated rings. The fraction of sp³-hybridized carbons (Fsp3) is 0.409. The molecule has 1 saturated heterocycles. The van der Waals surface area contributed by atoms with E-state index in [-0.39, 0.29) is 0 Å². The first-order valence-electron chi connectivity index (χ1n) is 9.76. The largest absolute Gasteiger partial charge is 0.493 e. The third-order valence-corrected chi connectivity index (χ3v) is 5.35. The number of ether oxygens (including phenoxy) is 2. The van der Waals surface area contributed by atoms with Crippen LogP contribution in [0.1, 0.15) is 18.6 Å². The summed E-state index contributed by atoms with van der Waals surface area (Å²) in [5.74, 6) is 3.66. The molecule has 0 radical (unpaired) electrons. The molecular weight excluding hydrogens is 354 g/mol. The molecule has 6 heteroatoms. The van der Waals surface area contributed by atoms with Crippen LogP contribution in [-0.2, 0) is 0 Å². The van der Waals surface area contributed by atoms with Crippen LogP contribution < -0.4 is 20.1 Å². The number of rotatable bonds is 6. The predicted octanol–water partition coefficient (Wildman–Crippen LogP) is 4.23. The quantitative estimate of drug-likeness (QED) is 0.666. The second-order valence-electron chi connectivity index (χ2n) is 7.26. The minimum atomic E-state index is 0.666. The number of furan rings is 1. The average molecular weight is 381 g/mol. The van der Waals surface area contributed by atoms with E-state index in [9.17, 15) is 0 Å². The van der Waals surface area contributed by atoms with Crippen molar-refractivity contribution in [1.82, 2.24) is 10.3 Å². The van der Waals surface area contributed by atoms with Crippen molar-refractivity contribution in [2.75, 3.05) is 39.2 Å². The van der Waals surface area contributed by atoms with Crippen molar-refractivity contribution in [3.05, 3.63) is 36.1 Å². The van der Waals surface area contributed by atoms with E-state index in [1.165, 1.54) is 12.8 Å². The molecule has 0 saturated carbocycles. The Hall–Kier alpha value is -2.73. The monoisotopic (exact) mass is 381 g/mol. The number of benzene rings is 1. The van der Waals surface area contributed by atoms with Gasteiger partial charge in [0.25, 0.3) is 0 Å². The Morgan fingerprint density at radius 1 is 1.11 bits per heavy atom. The van der Waals surface area contributed by atoms with E-state index in [2.05, 4.69) is 16.7 Å². The lowest BCUT2D eigenvalue weighted by molar-refractivity contribution is 0.356. The molecule has 148 valence electrons. The van der Waals surface area contributed by atoms with Gasteiger partial charge in [-0.15, -0.1) is 0 Å². The van der Waals surface area contributed by atoms with Gasteiger partial charge >= 0.3 is 0 Å². The molecule has 1 aliphatic rings. The average Bonchev–Trinajstić information content (AvgIpc) is 3.17. The standard InChI is InChI=1S/C22H27N3O3/c1-14-4-5-20(28-14)19-11-17(24-13-15-6-8-23-9-7-15)16-10-21(26-2)22(27-3)12-18(16)25-19/h4-5,10-12,15,23H,6-9,13H2,1-3H3,(H,24,25). The first-order valence-corrected chi connectivity index (χ1v) is 9.76. The molecule has 3 heterocycles. The highest BCUT2D eigenvalue weighted by atomic mass is 16.5. The van der Waals surface area contributed by atoms with Crippen molar-refractivity contribution >= 4 is 16.6 Å². The smallest absolute Gasteiger partial charge is 0.162 e.